The molecule has 0 N–H and O–H groups in total. The molecule has 0 atom stereocenters. The molecule has 0 heterocycles. The summed E-state index contributed by atoms with van der Waals surface area (Å²) in [5.41, 5.74) is 0. The van der Waals surface area contributed by atoms with E-state index in [1.807, 2.05) is 12.2 Å². The highest BCUT2D eigenvalue weighted by Crippen LogP contribution is 1.94. The summed E-state index contributed by atoms with van der Waals surface area (Å²) in [5.74, 6) is -0.138. The van der Waals surface area contributed by atoms with Crippen LogP contribution in [-0.4, -0.2) is 17.3 Å². The summed E-state index contributed by atoms with van der Waals surface area (Å²) in [6, 6.07) is 0. The fourth-order valence-corrected chi connectivity index (χ4v) is 0.942. The lowest BCUT2D eigenvalue weighted by Gasteiger charge is -1.87. The van der Waals surface area contributed by atoms with Gasteiger partial charge in [0.25, 0.3) is 0 Å². The molecule has 0 fully saturated rings. The third-order valence-corrected chi connectivity index (χ3v) is 1.66. The average molecular weight is 202 g/mol. The first-order chi connectivity index (χ1) is 7.18. The zero-order valence-electron chi connectivity index (χ0n) is 8.05. The van der Waals surface area contributed by atoms with E-state index in [0.717, 1.165) is 6.42 Å². The Labute approximate surface area is 87.5 Å². The van der Waals surface area contributed by atoms with Crippen LogP contribution in [0.3, 0.4) is 0 Å². The zero-order chi connectivity index (χ0) is 11.1. The molecule has 0 amide bonds. The molecule has 0 aromatic carbocycles. The van der Waals surface area contributed by atoms with Crippen LogP contribution >= 0.6 is 0 Å². The molecule has 0 aliphatic heterocycles. The fraction of sp³-hybridized carbons (Fsp3) is 0.0833. The van der Waals surface area contributed by atoms with Crippen molar-refractivity contribution in [2.24, 2.45) is 0 Å². The van der Waals surface area contributed by atoms with Crippen molar-refractivity contribution in [1.29, 1.82) is 0 Å². The quantitative estimate of drug-likeness (QED) is 0.557. The van der Waals surface area contributed by atoms with E-state index in [1.165, 1.54) is 24.3 Å². The van der Waals surface area contributed by atoms with E-state index in [0.29, 0.717) is 0 Å². The molecule has 2 aliphatic carbocycles. The van der Waals surface area contributed by atoms with Gasteiger partial charge in [0.15, 0.2) is 17.3 Å². The molecule has 2 rings (SSSR count). The molecule has 0 unspecified atom stereocenters. The van der Waals surface area contributed by atoms with Gasteiger partial charge in [-0.15, -0.1) is 0 Å². The Hall–Kier alpha value is -2.03. The van der Waals surface area contributed by atoms with Crippen molar-refractivity contribution in [1.82, 2.24) is 0 Å². The lowest BCUT2D eigenvalue weighted by Crippen LogP contribution is -1.97. The van der Waals surface area contributed by atoms with E-state index in [1.54, 1.807) is 12.2 Å². The first-order valence-electron chi connectivity index (χ1n) is 4.49. The highest BCUT2D eigenvalue weighted by atomic mass is 16.1. The number of rotatable bonds is 0. The van der Waals surface area contributed by atoms with Crippen LogP contribution in [0.25, 0.3) is 0 Å². The van der Waals surface area contributed by atoms with Gasteiger partial charge in [-0.3, -0.25) is 14.4 Å². The first kappa shape index (κ1) is 11.0. The Morgan fingerprint density at radius 1 is 0.600 bits per heavy atom. The van der Waals surface area contributed by atoms with Gasteiger partial charge in [0.05, 0.1) is 0 Å². The molecule has 15 heavy (non-hydrogen) atoms. The van der Waals surface area contributed by atoms with Crippen LogP contribution < -0.4 is 0 Å². The summed E-state index contributed by atoms with van der Waals surface area (Å²) in [5, 5.41) is 0. The van der Waals surface area contributed by atoms with Crippen molar-refractivity contribution in [2.75, 3.05) is 0 Å². The van der Waals surface area contributed by atoms with Crippen molar-refractivity contribution < 1.29 is 14.4 Å². The number of carbonyl (C=O) groups excluding carboxylic acids is 3. The Bertz CT molecular complexity index is 343. The van der Waals surface area contributed by atoms with Gasteiger partial charge in [-0.1, -0.05) is 12.2 Å². The van der Waals surface area contributed by atoms with E-state index in [2.05, 4.69) is 0 Å². The second-order valence-corrected chi connectivity index (χ2v) is 2.91. The van der Waals surface area contributed by atoms with Gasteiger partial charge in [0, 0.05) is 0 Å². The minimum Gasteiger partial charge on any atom is -0.290 e. The summed E-state index contributed by atoms with van der Waals surface area (Å²) in [7, 11) is 0. The van der Waals surface area contributed by atoms with Crippen LogP contribution in [0, 0.1) is 0 Å². The number of ketones is 3. The predicted octanol–water partition coefficient (Wildman–Crippen LogP) is 1.32. The number of allylic oxidation sites excluding steroid dienone is 8. The molecule has 0 aromatic heterocycles. The van der Waals surface area contributed by atoms with E-state index in [4.69, 9.17) is 0 Å². The van der Waals surface area contributed by atoms with Crippen LogP contribution in [0.5, 0.6) is 0 Å². The Morgan fingerprint density at radius 3 is 1.20 bits per heavy atom. The Kier molecular flexibility index (Phi) is 4.16. The monoisotopic (exact) mass is 202 g/mol. The lowest BCUT2D eigenvalue weighted by atomic mass is 10.2. The molecule has 0 saturated carbocycles. The SMILES string of the molecule is O=C1C=CC(=O)C=C1.O=C1C=CCC=C1. The van der Waals surface area contributed by atoms with E-state index in [-0.39, 0.29) is 17.3 Å². The Balaban J connectivity index is 0.000000151. The summed E-state index contributed by atoms with van der Waals surface area (Å²) < 4.78 is 0. The minimum absolute atomic E-state index is 0.103. The summed E-state index contributed by atoms with van der Waals surface area (Å²) in [6.45, 7) is 0. The molecule has 3 nitrogen and oxygen atoms in total. The van der Waals surface area contributed by atoms with Crippen LogP contribution in [0.15, 0.2) is 48.6 Å². The maximum Gasteiger partial charge on any atom is 0.178 e. The van der Waals surface area contributed by atoms with Crippen LogP contribution in [0.2, 0.25) is 0 Å². The molecular weight excluding hydrogens is 192 g/mol. The maximum atomic E-state index is 10.3. The molecule has 0 saturated heterocycles. The van der Waals surface area contributed by atoms with Gasteiger partial charge >= 0.3 is 0 Å². The highest BCUT2D eigenvalue weighted by molar-refractivity contribution is 6.14. The van der Waals surface area contributed by atoms with Crippen LogP contribution in [0.4, 0.5) is 0 Å². The normalized spacial score (nSPS) is 17.7. The number of hydrogen-bond donors (Lipinski definition) is 0. The van der Waals surface area contributed by atoms with Gasteiger partial charge in [-0.2, -0.15) is 0 Å². The topological polar surface area (TPSA) is 51.2 Å². The third kappa shape index (κ3) is 4.67. The number of carbonyl (C=O) groups is 3. The molecule has 76 valence electrons. The lowest BCUT2D eigenvalue weighted by molar-refractivity contribution is -0.113. The second-order valence-electron chi connectivity index (χ2n) is 2.91. The molecule has 0 bridgehead atoms. The van der Waals surface area contributed by atoms with E-state index >= 15 is 0 Å². The van der Waals surface area contributed by atoms with Crippen LogP contribution in [-0.2, 0) is 14.4 Å². The molecule has 0 radical (unpaired) electrons. The molecule has 0 spiro atoms. The summed E-state index contributed by atoms with van der Waals surface area (Å²) in [4.78, 5) is 30.9. The highest BCUT2D eigenvalue weighted by Gasteiger charge is 1.97. The van der Waals surface area contributed by atoms with Gasteiger partial charge < -0.3 is 0 Å². The maximum absolute atomic E-state index is 10.3. The Morgan fingerprint density at radius 2 is 0.933 bits per heavy atom. The summed E-state index contributed by atoms with van der Waals surface area (Å²) in [6.07, 6.45) is 12.8. The summed E-state index contributed by atoms with van der Waals surface area (Å²) >= 11 is 0. The van der Waals surface area contributed by atoms with Gasteiger partial charge in [0.1, 0.15) is 0 Å². The average Bonchev–Trinajstić information content (AvgIpc) is 2.25. The minimum atomic E-state index is -0.121. The number of hydrogen-bond acceptors (Lipinski definition) is 3. The van der Waals surface area contributed by atoms with E-state index in [9.17, 15) is 14.4 Å². The molecule has 0 aromatic rings. The third-order valence-electron chi connectivity index (χ3n) is 1.66. The standard InChI is InChI=1S/C6H4O2.C6H6O/c7-5-1-2-6(8)4-3-5;7-6-4-2-1-3-5-6/h1-4H;2-5H,1H2. The predicted molar refractivity (Wildman–Crippen MR) is 56.2 cm³/mol. The molecule has 2 aliphatic rings. The fourth-order valence-electron chi connectivity index (χ4n) is 0.942. The van der Waals surface area contributed by atoms with Crippen molar-refractivity contribution >= 4 is 17.3 Å². The van der Waals surface area contributed by atoms with Crippen LogP contribution in [0.1, 0.15) is 6.42 Å². The largest absolute Gasteiger partial charge is 0.290 e. The molecular formula is C12H10O3. The molecule has 3 heteroatoms. The van der Waals surface area contributed by atoms with E-state index < -0.39 is 0 Å². The van der Waals surface area contributed by atoms with Gasteiger partial charge in [0.2, 0.25) is 0 Å². The van der Waals surface area contributed by atoms with Gasteiger partial charge in [-0.05, 0) is 42.9 Å². The van der Waals surface area contributed by atoms with Crippen molar-refractivity contribution in [3.05, 3.63) is 48.6 Å². The smallest absolute Gasteiger partial charge is 0.178 e. The van der Waals surface area contributed by atoms with Crippen molar-refractivity contribution in [2.45, 2.75) is 6.42 Å². The second kappa shape index (κ2) is 5.65. The van der Waals surface area contributed by atoms with Crippen molar-refractivity contribution in [3.8, 4) is 0 Å². The first-order valence-corrected chi connectivity index (χ1v) is 4.49. The van der Waals surface area contributed by atoms with Gasteiger partial charge in [-0.25, -0.2) is 0 Å². The van der Waals surface area contributed by atoms with Crippen molar-refractivity contribution in [3.63, 3.8) is 0 Å². The zero-order valence-corrected chi connectivity index (χ0v) is 8.05.